The van der Waals surface area contributed by atoms with E-state index in [-0.39, 0.29) is 17.3 Å². The largest absolute Gasteiger partial charge is 0.392 e. The zero-order valence-corrected chi connectivity index (χ0v) is 12.5. The molecule has 2 fully saturated rings. The Morgan fingerprint density at radius 2 is 2.09 bits per heavy atom. The first-order chi connectivity index (χ1) is 10.7. The molecule has 116 valence electrons. The summed E-state index contributed by atoms with van der Waals surface area (Å²) in [5.41, 5.74) is 0.595. The van der Waals surface area contributed by atoms with Gasteiger partial charge in [0.15, 0.2) is 0 Å². The molecule has 2 aromatic rings. The fourth-order valence-electron chi connectivity index (χ4n) is 4.23. The minimum absolute atomic E-state index is 0.0409. The molecule has 5 heteroatoms. The van der Waals surface area contributed by atoms with E-state index in [4.69, 9.17) is 0 Å². The summed E-state index contributed by atoms with van der Waals surface area (Å²) in [4.78, 5) is 10.7. The lowest BCUT2D eigenvalue weighted by Gasteiger charge is -2.43. The van der Waals surface area contributed by atoms with Crippen molar-refractivity contribution < 1.29 is 9.50 Å². The molecular weight excluding hydrogens is 281 g/mol. The molecule has 1 spiro atoms. The van der Waals surface area contributed by atoms with Crippen LogP contribution >= 0.6 is 0 Å². The Morgan fingerprint density at radius 1 is 1.23 bits per heavy atom. The first kappa shape index (κ1) is 13.9. The third-order valence-electron chi connectivity index (χ3n) is 5.36. The molecule has 0 unspecified atom stereocenters. The summed E-state index contributed by atoms with van der Waals surface area (Å²) < 4.78 is 14.3. The third kappa shape index (κ3) is 2.07. The average Bonchev–Trinajstić information content (AvgIpc) is 2.87. The summed E-state index contributed by atoms with van der Waals surface area (Å²) in [5, 5.41) is 10.9. The lowest BCUT2D eigenvalue weighted by atomic mass is 9.76. The maximum atomic E-state index is 14.3. The Morgan fingerprint density at radius 3 is 2.91 bits per heavy atom. The van der Waals surface area contributed by atoms with Crippen molar-refractivity contribution in [1.82, 2.24) is 9.97 Å². The number of anilines is 1. The van der Waals surface area contributed by atoms with E-state index in [0.717, 1.165) is 45.2 Å². The lowest BCUT2D eigenvalue weighted by Crippen LogP contribution is -2.47. The molecule has 1 saturated heterocycles. The van der Waals surface area contributed by atoms with Crippen molar-refractivity contribution in [3.63, 3.8) is 0 Å². The van der Waals surface area contributed by atoms with Crippen molar-refractivity contribution in [2.24, 2.45) is 5.41 Å². The van der Waals surface area contributed by atoms with E-state index in [2.05, 4.69) is 14.9 Å². The predicted octanol–water partition coefficient (Wildman–Crippen LogP) is 2.90. The molecule has 4 rings (SSSR count). The predicted molar refractivity (Wildman–Crippen MR) is 83.2 cm³/mol. The van der Waals surface area contributed by atoms with Crippen LogP contribution in [0.4, 0.5) is 10.2 Å². The number of nitrogens with zero attached hydrogens (tertiary/aromatic N) is 3. The number of aromatic nitrogens is 2. The fraction of sp³-hybridized carbons (Fsp3) is 0.529. The number of hydrogen-bond acceptors (Lipinski definition) is 4. The maximum Gasteiger partial charge on any atom is 0.142 e. The normalized spacial score (nSPS) is 28.6. The lowest BCUT2D eigenvalue weighted by molar-refractivity contribution is 0.0408. The number of rotatable bonds is 1. The van der Waals surface area contributed by atoms with Crippen molar-refractivity contribution in [2.45, 2.75) is 38.2 Å². The van der Waals surface area contributed by atoms with E-state index >= 15 is 0 Å². The number of halogens is 1. The zero-order valence-electron chi connectivity index (χ0n) is 12.5. The molecule has 1 saturated carbocycles. The van der Waals surface area contributed by atoms with Gasteiger partial charge in [-0.25, -0.2) is 14.4 Å². The van der Waals surface area contributed by atoms with E-state index in [1.165, 1.54) is 12.4 Å². The third-order valence-corrected chi connectivity index (χ3v) is 5.36. The van der Waals surface area contributed by atoms with E-state index in [9.17, 15) is 9.50 Å². The van der Waals surface area contributed by atoms with Gasteiger partial charge in [-0.1, -0.05) is 12.5 Å². The second-order valence-electron chi connectivity index (χ2n) is 6.63. The quantitative estimate of drug-likeness (QED) is 0.880. The van der Waals surface area contributed by atoms with Crippen LogP contribution < -0.4 is 4.90 Å². The molecule has 1 aromatic heterocycles. The van der Waals surface area contributed by atoms with Gasteiger partial charge in [0.2, 0.25) is 0 Å². The highest BCUT2D eigenvalue weighted by Gasteiger charge is 2.45. The molecule has 1 aromatic carbocycles. The van der Waals surface area contributed by atoms with Crippen LogP contribution in [-0.4, -0.2) is 34.3 Å². The van der Waals surface area contributed by atoms with E-state index < -0.39 is 0 Å². The highest BCUT2D eigenvalue weighted by atomic mass is 19.1. The van der Waals surface area contributed by atoms with Crippen LogP contribution in [0.3, 0.4) is 0 Å². The van der Waals surface area contributed by atoms with Crippen LogP contribution in [0, 0.1) is 11.2 Å². The van der Waals surface area contributed by atoms with Crippen molar-refractivity contribution in [3.05, 3.63) is 30.3 Å². The second kappa shape index (κ2) is 5.16. The Balaban J connectivity index is 1.76. The summed E-state index contributed by atoms with van der Waals surface area (Å²) >= 11 is 0. The van der Waals surface area contributed by atoms with E-state index in [1.54, 1.807) is 6.07 Å². The van der Waals surface area contributed by atoms with Gasteiger partial charge >= 0.3 is 0 Å². The smallest absolute Gasteiger partial charge is 0.142 e. The first-order valence-corrected chi connectivity index (χ1v) is 8.02. The van der Waals surface area contributed by atoms with Crippen molar-refractivity contribution in [1.29, 1.82) is 0 Å². The summed E-state index contributed by atoms with van der Waals surface area (Å²) in [6.07, 6.45) is 6.33. The van der Waals surface area contributed by atoms with Crippen LogP contribution in [0.1, 0.15) is 32.1 Å². The van der Waals surface area contributed by atoms with Crippen LogP contribution in [0.2, 0.25) is 0 Å². The zero-order chi connectivity index (χ0) is 15.2. The van der Waals surface area contributed by atoms with Crippen molar-refractivity contribution in [2.75, 3.05) is 18.0 Å². The van der Waals surface area contributed by atoms with Crippen LogP contribution in [-0.2, 0) is 0 Å². The molecular formula is C17H20FN3O. The minimum Gasteiger partial charge on any atom is -0.392 e. The fourth-order valence-corrected chi connectivity index (χ4v) is 4.23. The summed E-state index contributed by atoms with van der Waals surface area (Å²) in [5.74, 6) is 0.390. The van der Waals surface area contributed by atoms with Gasteiger partial charge in [-0.15, -0.1) is 0 Å². The number of hydrogen-bond donors (Lipinski definition) is 1. The van der Waals surface area contributed by atoms with Gasteiger partial charge in [-0.2, -0.15) is 0 Å². The van der Waals surface area contributed by atoms with Crippen LogP contribution in [0.15, 0.2) is 24.5 Å². The standard InChI is InChI=1S/C17H20FN3O/c18-12-4-1-5-13-15(12)16(20-11-19-13)21-9-3-8-17(10-21)7-2-6-14(17)22/h1,4-5,11,14,22H,2-3,6-10H2/t14-,17-/m1/s1. The number of fused-ring (bicyclic) bond motifs is 1. The summed E-state index contributed by atoms with van der Waals surface area (Å²) in [6.45, 7) is 1.61. The average molecular weight is 301 g/mol. The van der Waals surface area contributed by atoms with Crippen LogP contribution in [0.5, 0.6) is 0 Å². The number of aliphatic hydroxyl groups is 1. The Labute approximate surface area is 129 Å². The number of aliphatic hydroxyl groups excluding tert-OH is 1. The van der Waals surface area contributed by atoms with Gasteiger partial charge in [-0.05, 0) is 37.8 Å². The Bertz CT molecular complexity index is 702. The molecule has 2 aliphatic rings. The van der Waals surface area contributed by atoms with E-state index in [1.807, 2.05) is 6.07 Å². The van der Waals surface area contributed by atoms with Gasteiger partial charge in [0.1, 0.15) is 18.0 Å². The molecule has 0 radical (unpaired) electrons. The monoisotopic (exact) mass is 301 g/mol. The number of piperidine rings is 1. The Hall–Kier alpha value is -1.75. The topological polar surface area (TPSA) is 49.2 Å². The SMILES string of the molecule is O[C@@H]1CCC[C@]12CCCN(c1ncnc3cccc(F)c13)C2. The molecule has 4 nitrogen and oxygen atoms in total. The molecule has 0 bridgehead atoms. The molecule has 1 aliphatic carbocycles. The minimum atomic E-state index is -0.278. The molecule has 22 heavy (non-hydrogen) atoms. The molecule has 2 heterocycles. The van der Waals surface area contributed by atoms with Gasteiger partial charge < -0.3 is 10.0 Å². The summed E-state index contributed by atoms with van der Waals surface area (Å²) in [7, 11) is 0. The molecule has 1 aliphatic heterocycles. The second-order valence-corrected chi connectivity index (χ2v) is 6.63. The molecule has 1 N–H and O–H groups in total. The van der Waals surface area contributed by atoms with Gasteiger partial charge in [0.25, 0.3) is 0 Å². The first-order valence-electron chi connectivity index (χ1n) is 8.02. The number of benzene rings is 1. The van der Waals surface area contributed by atoms with Gasteiger partial charge in [0, 0.05) is 18.5 Å². The van der Waals surface area contributed by atoms with Gasteiger partial charge in [0.05, 0.1) is 17.0 Å². The highest BCUT2D eigenvalue weighted by molar-refractivity contribution is 5.89. The van der Waals surface area contributed by atoms with Crippen LogP contribution in [0.25, 0.3) is 10.9 Å². The van der Waals surface area contributed by atoms with Gasteiger partial charge in [-0.3, -0.25) is 0 Å². The van der Waals surface area contributed by atoms with E-state index in [0.29, 0.717) is 16.7 Å². The maximum absolute atomic E-state index is 14.3. The summed E-state index contributed by atoms with van der Waals surface area (Å²) in [6, 6.07) is 4.94. The molecule has 2 atom stereocenters. The van der Waals surface area contributed by atoms with Crippen molar-refractivity contribution in [3.8, 4) is 0 Å². The molecule has 0 amide bonds. The van der Waals surface area contributed by atoms with Crippen molar-refractivity contribution >= 4 is 16.7 Å². The Kier molecular flexibility index (Phi) is 3.26. The highest BCUT2D eigenvalue weighted by Crippen LogP contribution is 2.46.